The molecule has 1 aliphatic rings. The van der Waals surface area contributed by atoms with Crippen LogP contribution in [0.3, 0.4) is 0 Å². The summed E-state index contributed by atoms with van der Waals surface area (Å²) >= 11 is 0. The molecule has 13 nitrogen and oxygen atoms in total. The molecule has 1 amide bonds. The fraction of sp³-hybridized carbons (Fsp3) is 0.600. The van der Waals surface area contributed by atoms with Gasteiger partial charge in [0, 0.05) is 26.1 Å². The summed E-state index contributed by atoms with van der Waals surface area (Å²) in [5, 5.41) is 22.6. The minimum absolute atomic E-state index is 0.0756. The van der Waals surface area contributed by atoms with Crippen LogP contribution in [0.25, 0.3) is 0 Å². The molecule has 4 atom stereocenters. The molecule has 2 aromatic carbocycles. The molecule has 2 aromatic rings. The number of ether oxygens (including phenoxy) is 4. The van der Waals surface area contributed by atoms with Gasteiger partial charge in [0.1, 0.15) is 24.6 Å². The average molecular weight is 670 g/mol. The summed E-state index contributed by atoms with van der Waals surface area (Å²) < 4.78 is 22.4. The second-order valence-electron chi connectivity index (χ2n) is 12.6. The first kappa shape index (κ1) is 38.3. The minimum atomic E-state index is -0.770. The predicted molar refractivity (Wildman–Crippen MR) is 180 cm³/mol. The van der Waals surface area contributed by atoms with E-state index in [9.17, 15) is 20.2 Å². The quantitative estimate of drug-likeness (QED) is 0.167. The number of nitrogens with zero attached hydrogens (tertiary/aromatic N) is 4. The molecule has 0 bridgehead atoms. The normalized spacial score (nSPS) is 18.4. The number of para-hydroxylation sites is 1. The molecule has 0 spiro atoms. The van der Waals surface area contributed by atoms with E-state index in [1.165, 1.54) is 7.11 Å². The monoisotopic (exact) mass is 669 g/mol. The van der Waals surface area contributed by atoms with Gasteiger partial charge in [-0.25, -0.2) is 5.01 Å². The fourth-order valence-electron chi connectivity index (χ4n) is 6.42. The highest BCUT2D eigenvalue weighted by Gasteiger charge is 2.38. The van der Waals surface area contributed by atoms with Crippen molar-refractivity contribution in [3.63, 3.8) is 0 Å². The molecule has 48 heavy (non-hydrogen) atoms. The third kappa shape index (κ3) is 10.2. The van der Waals surface area contributed by atoms with Crippen molar-refractivity contribution in [1.29, 1.82) is 5.26 Å². The predicted octanol–water partition coefficient (Wildman–Crippen LogP) is 4.42. The van der Waals surface area contributed by atoms with E-state index >= 15 is 0 Å². The smallest absolute Gasteiger partial charge is 0.294 e. The van der Waals surface area contributed by atoms with Crippen molar-refractivity contribution in [3.8, 4) is 23.3 Å². The number of hydrogen-bond donors (Lipinski definition) is 1. The van der Waals surface area contributed by atoms with Crippen molar-refractivity contribution in [3.05, 3.63) is 63.7 Å². The van der Waals surface area contributed by atoms with Crippen LogP contribution in [0.4, 0.5) is 0 Å². The molecule has 1 aliphatic heterocycles. The van der Waals surface area contributed by atoms with Crippen LogP contribution in [0.15, 0.2) is 42.5 Å². The first-order valence-electron chi connectivity index (χ1n) is 16.4. The molecular formula is C35H51N5O8. The van der Waals surface area contributed by atoms with E-state index in [2.05, 4.69) is 37.3 Å². The maximum absolute atomic E-state index is 12.2. The second-order valence-corrected chi connectivity index (χ2v) is 12.6. The van der Waals surface area contributed by atoms with Gasteiger partial charge in [-0.05, 0) is 81.4 Å². The van der Waals surface area contributed by atoms with Crippen molar-refractivity contribution in [2.75, 3.05) is 61.2 Å². The lowest BCUT2D eigenvalue weighted by molar-refractivity contribution is -0.770. The number of amides is 1. The largest absolute Gasteiger partial charge is 0.493 e. The number of hydrogen-bond acceptors (Lipinski definition) is 11. The van der Waals surface area contributed by atoms with Crippen molar-refractivity contribution in [1.82, 2.24) is 15.3 Å². The topological polar surface area (TPSA) is 149 Å². The summed E-state index contributed by atoms with van der Waals surface area (Å²) in [7, 11) is 6.71. The van der Waals surface area contributed by atoms with Crippen molar-refractivity contribution in [2.24, 2.45) is 11.8 Å². The zero-order chi connectivity index (χ0) is 35.3. The lowest BCUT2D eigenvalue weighted by Gasteiger charge is -2.40. The molecule has 1 saturated heterocycles. The number of nitrogens with one attached hydrogen (secondary N) is 1. The molecule has 1 heterocycles. The number of hydrazine groups is 1. The van der Waals surface area contributed by atoms with E-state index in [-0.39, 0.29) is 24.3 Å². The summed E-state index contributed by atoms with van der Waals surface area (Å²) in [6.45, 7) is 8.13. The number of carbonyl (C=O) groups is 1. The molecule has 0 aromatic heterocycles. The SMILES string of the molecule is COCC(=O)NN1CCC(C(C)O[N+](=O)[O-])C(Oc2ccccc2CCN(C)CCCC(C#N)(c2ccc(OC)c(OC)c2)C(C)C)C1. The van der Waals surface area contributed by atoms with Crippen LogP contribution in [-0.4, -0.2) is 94.3 Å². The van der Waals surface area contributed by atoms with E-state index in [0.717, 1.165) is 30.6 Å². The van der Waals surface area contributed by atoms with Gasteiger partial charge >= 0.3 is 0 Å². The van der Waals surface area contributed by atoms with Gasteiger partial charge in [0.25, 0.3) is 11.0 Å². The van der Waals surface area contributed by atoms with Gasteiger partial charge in [-0.15, -0.1) is 10.1 Å². The molecule has 0 radical (unpaired) electrons. The lowest BCUT2D eigenvalue weighted by Crippen LogP contribution is -2.56. The highest BCUT2D eigenvalue weighted by molar-refractivity contribution is 5.76. The standard InChI is InChI=1S/C35H51N5O8/c1-25(2)35(24-36,28-13-14-31(45-6)32(21-28)46-7)17-10-18-38(4)19-15-27-11-8-9-12-30(27)47-33-22-39(37-34(41)23-44-5)20-16-29(33)26(3)48-40(42)43/h8-9,11-14,21,25-26,29,33H,10,15-20,22-23H2,1-7H3,(H,37,41). The van der Waals surface area contributed by atoms with Crippen molar-refractivity contribution in [2.45, 2.75) is 64.1 Å². The maximum atomic E-state index is 12.2. The Hall–Kier alpha value is -4.12. The molecule has 1 fully saturated rings. The fourth-order valence-corrected chi connectivity index (χ4v) is 6.42. The molecular weight excluding hydrogens is 618 g/mol. The first-order chi connectivity index (χ1) is 23.0. The Kier molecular flexibility index (Phi) is 14.7. The molecule has 3 rings (SSSR count). The molecule has 1 N–H and O–H groups in total. The van der Waals surface area contributed by atoms with Crippen LogP contribution in [-0.2, 0) is 26.2 Å². The van der Waals surface area contributed by atoms with Crippen LogP contribution in [0, 0.1) is 33.3 Å². The zero-order valence-electron chi connectivity index (χ0n) is 29.3. The molecule has 0 saturated carbocycles. The van der Waals surface area contributed by atoms with Gasteiger partial charge in [-0.2, -0.15) is 5.26 Å². The Labute approximate surface area is 284 Å². The van der Waals surface area contributed by atoms with E-state index in [1.807, 2.05) is 42.5 Å². The first-order valence-corrected chi connectivity index (χ1v) is 16.4. The van der Waals surface area contributed by atoms with Crippen molar-refractivity contribution < 1.29 is 33.7 Å². The summed E-state index contributed by atoms with van der Waals surface area (Å²) in [6, 6.07) is 16.1. The number of carbonyl (C=O) groups excluding carboxylic acids is 1. The van der Waals surface area contributed by atoms with E-state index in [4.69, 9.17) is 23.8 Å². The van der Waals surface area contributed by atoms with E-state index in [1.54, 1.807) is 26.2 Å². The van der Waals surface area contributed by atoms with Gasteiger partial charge in [0.05, 0.1) is 32.2 Å². The summed E-state index contributed by atoms with van der Waals surface area (Å²) in [6.07, 6.45) is 1.58. The van der Waals surface area contributed by atoms with Gasteiger partial charge in [0.2, 0.25) is 0 Å². The molecule has 13 heteroatoms. The highest BCUT2D eigenvalue weighted by Crippen LogP contribution is 2.40. The van der Waals surface area contributed by atoms with Crippen LogP contribution >= 0.6 is 0 Å². The Balaban J connectivity index is 1.67. The highest BCUT2D eigenvalue weighted by atomic mass is 17.0. The second kappa shape index (κ2) is 18.4. The number of likely N-dealkylation sites (N-methyl/N-ethyl adjacent to an activating group) is 1. The number of piperidine rings is 1. The Morgan fingerprint density at radius 2 is 1.85 bits per heavy atom. The zero-order valence-corrected chi connectivity index (χ0v) is 29.3. The van der Waals surface area contributed by atoms with Gasteiger partial charge in [0.15, 0.2) is 11.5 Å². The van der Waals surface area contributed by atoms with Gasteiger partial charge < -0.3 is 28.7 Å². The third-order valence-electron chi connectivity index (χ3n) is 9.23. The van der Waals surface area contributed by atoms with E-state index < -0.39 is 22.7 Å². The lowest BCUT2D eigenvalue weighted by atomic mass is 9.69. The van der Waals surface area contributed by atoms with Gasteiger partial charge in [-0.1, -0.05) is 38.1 Å². The molecule has 0 aliphatic carbocycles. The maximum Gasteiger partial charge on any atom is 0.294 e. The van der Waals surface area contributed by atoms with Gasteiger partial charge in [-0.3, -0.25) is 10.2 Å². The van der Waals surface area contributed by atoms with Crippen molar-refractivity contribution >= 4 is 5.91 Å². The Morgan fingerprint density at radius 1 is 1.12 bits per heavy atom. The van der Waals surface area contributed by atoms with Crippen LogP contribution in [0.2, 0.25) is 0 Å². The Morgan fingerprint density at radius 3 is 2.50 bits per heavy atom. The number of rotatable bonds is 19. The van der Waals surface area contributed by atoms with Crippen LogP contribution in [0.1, 0.15) is 51.2 Å². The number of methoxy groups -OCH3 is 3. The summed E-state index contributed by atoms with van der Waals surface area (Å²) in [5.41, 5.74) is 4.08. The average Bonchev–Trinajstić information content (AvgIpc) is 3.05. The minimum Gasteiger partial charge on any atom is -0.493 e. The summed E-state index contributed by atoms with van der Waals surface area (Å²) in [5.74, 6) is 1.46. The number of benzene rings is 2. The summed E-state index contributed by atoms with van der Waals surface area (Å²) in [4.78, 5) is 30.5. The molecule has 4 unspecified atom stereocenters. The van der Waals surface area contributed by atoms with E-state index in [0.29, 0.717) is 49.6 Å². The Bertz CT molecular complexity index is 1380. The van der Waals surface area contributed by atoms with Crippen LogP contribution < -0.4 is 19.6 Å². The third-order valence-corrected chi connectivity index (χ3v) is 9.23. The van der Waals surface area contributed by atoms with Crippen LogP contribution in [0.5, 0.6) is 17.2 Å². The number of nitriles is 1. The molecule has 264 valence electrons.